The average Bonchev–Trinajstić information content (AvgIpc) is 3.54. The molecule has 5 rings (SSSR count). The molecule has 1 saturated carbocycles. The van der Waals surface area contributed by atoms with E-state index in [1.54, 1.807) is 24.3 Å². The Morgan fingerprint density at radius 2 is 1.88 bits per heavy atom. The van der Waals surface area contributed by atoms with Crippen LogP contribution in [0.1, 0.15) is 42.3 Å². The van der Waals surface area contributed by atoms with Gasteiger partial charge in [-0.25, -0.2) is 19.7 Å². The molecule has 2 aliphatic rings. The Morgan fingerprint density at radius 3 is 2.62 bits per heavy atom. The lowest BCUT2D eigenvalue weighted by atomic mass is 9.92. The Hall–Kier alpha value is -3.08. The van der Waals surface area contributed by atoms with Gasteiger partial charge in [-0.15, -0.1) is 0 Å². The van der Waals surface area contributed by atoms with E-state index in [-0.39, 0.29) is 11.7 Å². The number of aliphatic hydroxyl groups is 2. The topological polar surface area (TPSA) is 146 Å². The van der Waals surface area contributed by atoms with E-state index in [9.17, 15) is 15.0 Å². The molecular weight excluding hydrogens is 414 g/mol. The van der Waals surface area contributed by atoms with Crippen molar-refractivity contribution in [1.82, 2.24) is 19.5 Å². The molecule has 0 bridgehead atoms. The number of imidazole rings is 1. The third-order valence-corrected chi connectivity index (χ3v) is 6.38. The van der Waals surface area contributed by atoms with Gasteiger partial charge in [0.05, 0.1) is 11.9 Å². The van der Waals surface area contributed by atoms with Crippen LogP contribution in [0.15, 0.2) is 43.0 Å². The Morgan fingerprint density at radius 1 is 1.12 bits per heavy atom. The number of carbonyl (C=O) groups excluding carboxylic acids is 1. The number of benzene rings is 1. The molecule has 4 N–H and O–H groups in total. The normalized spacial score (nSPS) is 27.1. The smallest absolute Gasteiger partial charge is 0.338 e. The van der Waals surface area contributed by atoms with E-state index in [0.29, 0.717) is 16.7 Å². The summed E-state index contributed by atoms with van der Waals surface area (Å²) in [5, 5.41) is 21.7. The van der Waals surface area contributed by atoms with Crippen LogP contribution >= 0.6 is 0 Å². The Labute approximate surface area is 184 Å². The lowest BCUT2D eigenvalue weighted by molar-refractivity contribution is -0.106. The number of aliphatic hydroxyl groups excluding tert-OH is 2. The minimum absolute atomic E-state index is 0.0331. The summed E-state index contributed by atoms with van der Waals surface area (Å²) in [6.45, 7) is 0. The van der Waals surface area contributed by atoms with Gasteiger partial charge in [0.25, 0.3) is 0 Å². The molecule has 5 atom stereocenters. The zero-order valence-electron chi connectivity index (χ0n) is 17.3. The number of ether oxygens (including phenoxy) is 2. The monoisotopic (exact) mass is 439 g/mol. The molecule has 1 unspecified atom stereocenters. The van der Waals surface area contributed by atoms with Gasteiger partial charge >= 0.3 is 5.97 Å². The molecule has 32 heavy (non-hydrogen) atoms. The summed E-state index contributed by atoms with van der Waals surface area (Å²) in [7, 11) is 0. The van der Waals surface area contributed by atoms with Crippen LogP contribution in [0.4, 0.5) is 5.82 Å². The fourth-order valence-electron chi connectivity index (χ4n) is 4.73. The quantitative estimate of drug-likeness (QED) is 0.503. The van der Waals surface area contributed by atoms with Crippen LogP contribution < -0.4 is 5.73 Å². The van der Waals surface area contributed by atoms with Gasteiger partial charge in [0.1, 0.15) is 36.3 Å². The van der Waals surface area contributed by atoms with Crippen LogP contribution in [0.5, 0.6) is 0 Å². The second-order valence-corrected chi connectivity index (χ2v) is 8.34. The number of esters is 1. The molecule has 1 saturated heterocycles. The summed E-state index contributed by atoms with van der Waals surface area (Å²) in [6, 6.07) is 8.71. The van der Waals surface area contributed by atoms with Gasteiger partial charge in [0.2, 0.25) is 0 Å². The number of hydrogen-bond acceptors (Lipinski definition) is 9. The SMILES string of the molecule is Nc1ncnc2c1ncn2[C@@H]1O[C@H](C(OC(=O)c2ccccc2)C2CCCC2)[C@@H](O)[C@H]1O. The zero-order chi connectivity index (χ0) is 22.2. The molecule has 10 heteroatoms. The third-order valence-electron chi connectivity index (χ3n) is 6.38. The van der Waals surface area contributed by atoms with E-state index in [1.165, 1.54) is 17.2 Å². The molecule has 1 aromatic carbocycles. The van der Waals surface area contributed by atoms with E-state index in [1.807, 2.05) is 6.07 Å². The molecule has 0 amide bonds. The lowest BCUT2D eigenvalue weighted by Gasteiger charge is -2.30. The average molecular weight is 439 g/mol. The zero-order valence-corrected chi connectivity index (χ0v) is 17.3. The van der Waals surface area contributed by atoms with E-state index < -0.39 is 36.6 Å². The van der Waals surface area contributed by atoms with Gasteiger partial charge < -0.3 is 25.4 Å². The van der Waals surface area contributed by atoms with Crippen LogP contribution in [0.25, 0.3) is 11.2 Å². The fraction of sp³-hybridized carbons (Fsp3) is 0.455. The molecule has 1 aliphatic heterocycles. The second-order valence-electron chi connectivity index (χ2n) is 8.34. The van der Waals surface area contributed by atoms with Crippen molar-refractivity contribution in [3.8, 4) is 0 Å². The number of fused-ring (bicyclic) bond motifs is 1. The summed E-state index contributed by atoms with van der Waals surface area (Å²) in [6.07, 6.45) is 1.40. The van der Waals surface area contributed by atoms with E-state index in [2.05, 4.69) is 15.0 Å². The minimum Gasteiger partial charge on any atom is -0.456 e. The van der Waals surface area contributed by atoms with Crippen LogP contribution in [0.3, 0.4) is 0 Å². The molecule has 0 spiro atoms. The summed E-state index contributed by atoms with van der Waals surface area (Å²) in [4.78, 5) is 25.1. The summed E-state index contributed by atoms with van der Waals surface area (Å²) in [5.74, 6) is -0.241. The van der Waals surface area contributed by atoms with Gasteiger partial charge in [-0.1, -0.05) is 31.0 Å². The number of rotatable bonds is 5. The predicted molar refractivity (Wildman–Crippen MR) is 113 cm³/mol. The van der Waals surface area contributed by atoms with Crippen molar-refractivity contribution >= 4 is 23.0 Å². The molecule has 1 aliphatic carbocycles. The molecular formula is C22H25N5O5. The van der Waals surface area contributed by atoms with Gasteiger partial charge in [-0.3, -0.25) is 4.57 Å². The molecule has 0 radical (unpaired) electrons. The van der Waals surface area contributed by atoms with E-state index >= 15 is 0 Å². The van der Waals surface area contributed by atoms with Crippen molar-refractivity contribution in [1.29, 1.82) is 0 Å². The first-order valence-corrected chi connectivity index (χ1v) is 10.7. The largest absolute Gasteiger partial charge is 0.456 e. The maximum atomic E-state index is 12.8. The Balaban J connectivity index is 1.44. The summed E-state index contributed by atoms with van der Waals surface area (Å²) in [5.41, 5.74) is 7.05. The number of nitrogens with zero attached hydrogens (tertiary/aromatic N) is 4. The van der Waals surface area contributed by atoms with Crippen molar-refractivity contribution in [3.63, 3.8) is 0 Å². The van der Waals surface area contributed by atoms with Crippen molar-refractivity contribution in [2.45, 2.75) is 56.3 Å². The van der Waals surface area contributed by atoms with Crippen LogP contribution in [-0.4, -0.2) is 60.1 Å². The molecule has 3 aromatic rings. The molecule has 10 nitrogen and oxygen atoms in total. The molecule has 2 fully saturated rings. The molecule has 2 aromatic heterocycles. The number of nitrogen functional groups attached to an aromatic ring is 1. The Kier molecular flexibility index (Phi) is 5.50. The number of aromatic nitrogens is 4. The third kappa shape index (κ3) is 3.60. The lowest BCUT2D eigenvalue weighted by Crippen LogP contribution is -2.44. The van der Waals surface area contributed by atoms with E-state index in [0.717, 1.165) is 25.7 Å². The van der Waals surface area contributed by atoms with E-state index in [4.69, 9.17) is 15.2 Å². The second kappa shape index (κ2) is 8.45. The highest BCUT2D eigenvalue weighted by molar-refractivity contribution is 5.89. The van der Waals surface area contributed by atoms with Crippen molar-refractivity contribution < 1.29 is 24.5 Å². The summed E-state index contributed by atoms with van der Waals surface area (Å²) < 4.78 is 13.5. The van der Waals surface area contributed by atoms with Gasteiger partial charge in [-0.05, 0) is 30.9 Å². The Bertz CT molecular complexity index is 1100. The van der Waals surface area contributed by atoms with Gasteiger partial charge in [0.15, 0.2) is 17.7 Å². The highest BCUT2D eigenvalue weighted by atomic mass is 16.6. The van der Waals surface area contributed by atoms with Crippen LogP contribution in [0, 0.1) is 5.92 Å². The van der Waals surface area contributed by atoms with Gasteiger partial charge in [-0.2, -0.15) is 0 Å². The van der Waals surface area contributed by atoms with Crippen LogP contribution in [0.2, 0.25) is 0 Å². The maximum Gasteiger partial charge on any atom is 0.338 e. The highest BCUT2D eigenvalue weighted by Gasteiger charge is 2.51. The number of carbonyl (C=O) groups is 1. The van der Waals surface area contributed by atoms with Crippen molar-refractivity contribution in [3.05, 3.63) is 48.5 Å². The van der Waals surface area contributed by atoms with Crippen molar-refractivity contribution in [2.75, 3.05) is 5.73 Å². The highest BCUT2D eigenvalue weighted by Crippen LogP contribution is 2.39. The fourth-order valence-corrected chi connectivity index (χ4v) is 4.73. The molecule has 3 heterocycles. The molecule has 168 valence electrons. The van der Waals surface area contributed by atoms with Crippen molar-refractivity contribution in [2.24, 2.45) is 5.92 Å². The van der Waals surface area contributed by atoms with Gasteiger partial charge in [0, 0.05) is 0 Å². The summed E-state index contributed by atoms with van der Waals surface area (Å²) >= 11 is 0. The standard InChI is InChI=1S/C22H25N5O5/c23-19-14-20(25-10-24-19)27(11-26-14)21-16(29)15(28)18(31-21)17(12-6-4-5-7-12)32-22(30)13-8-2-1-3-9-13/h1-3,8-12,15-18,21,28-29H,4-7H2,(H2,23,24,25)/t15-,16+,17?,18-,21+/m0/s1. The number of nitrogens with two attached hydrogens (primary N) is 1. The van der Waals surface area contributed by atoms with Crippen LogP contribution in [-0.2, 0) is 9.47 Å². The first-order valence-electron chi connectivity index (χ1n) is 10.7. The minimum atomic E-state index is -1.27. The predicted octanol–water partition coefficient (Wildman–Crippen LogP) is 1.44. The number of anilines is 1. The number of hydrogen-bond donors (Lipinski definition) is 3. The maximum absolute atomic E-state index is 12.8. The first-order chi connectivity index (χ1) is 15.5. The first kappa shape index (κ1) is 20.8.